The highest BCUT2D eigenvalue weighted by molar-refractivity contribution is 5.74. The first kappa shape index (κ1) is 20.2. The number of nitrogens with zero attached hydrogens (tertiary/aromatic N) is 2. The van der Waals surface area contributed by atoms with Crippen LogP contribution in [0.2, 0.25) is 0 Å². The Morgan fingerprint density at radius 1 is 1.15 bits per heavy atom. The van der Waals surface area contributed by atoms with Gasteiger partial charge in [0.1, 0.15) is 0 Å². The van der Waals surface area contributed by atoms with Gasteiger partial charge in [0.2, 0.25) is 5.75 Å². The molecule has 2 rings (SSSR count). The van der Waals surface area contributed by atoms with Crippen LogP contribution in [0.4, 0.5) is 4.79 Å². The van der Waals surface area contributed by atoms with Crippen LogP contribution in [0.1, 0.15) is 31.4 Å². The van der Waals surface area contributed by atoms with Gasteiger partial charge < -0.3 is 29.3 Å². The molecule has 1 atom stereocenters. The lowest BCUT2D eigenvalue weighted by Crippen LogP contribution is -2.42. The van der Waals surface area contributed by atoms with Gasteiger partial charge in [-0.05, 0) is 50.6 Å². The van der Waals surface area contributed by atoms with Crippen LogP contribution in [-0.4, -0.2) is 70.4 Å². The van der Waals surface area contributed by atoms with Crippen molar-refractivity contribution in [1.29, 1.82) is 0 Å². The number of carbonyl (C=O) groups excluding carboxylic acids is 1. The van der Waals surface area contributed by atoms with Gasteiger partial charge in [0.05, 0.1) is 27.4 Å². The van der Waals surface area contributed by atoms with Crippen LogP contribution in [0.15, 0.2) is 12.1 Å². The maximum atomic E-state index is 12.5. The van der Waals surface area contributed by atoms with Crippen LogP contribution in [0, 0.1) is 0 Å². The van der Waals surface area contributed by atoms with Gasteiger partial charge in [0.25, 0.3) is 0 Å². The largest absolute Gasteiger partial charge is 0.493 e. The molecule has 0 aromatic heterocycles. The summed E-state index contributed by atoms with van der Waals surface area (Å²) in [6, 6.07) is 3.43. The van der Waals surface area contributed by atoms with Gasteiger partial charge in [0, 0.05) is 20.1 Å². The Labute approximate surface area is 156 Å². The SMILES string of the molecule is COc1cc([C@@H](C)NC(=O)N(C)CCN2CCCC2)cc(OC)c1OC. The van der Waals surface area contributed by atoms with E-state index in [2.05, 4.69) is 10.2 Å². The molecule has 1 aromatic carbocycles. The first-order chi connectivity index (χ1) is 12.5. The predicted octanol–water partition coefficient (Wildman–Crippen LogP) is 2.51. The lowest BCUT2D eigenvalue weighted by atomic mass is 10.1. The number of amides is 2. The zero-order valence-electron chi connectivity index (χ0n) is 16.5. The van der Waals surface area contributed by atoms with Crippen LogP contribution in [0.25, 0.3) is 0 Å². The number of likely N-dealkylation sites (tertiary alicyclic amines) is 1. The van der Waals surface area contributed by atoms with Gasteiger partial charge in [0.15, 0.2) is 11.5 Å². The summed E-state index contributed by atoms with van der Waals surface area (Å²) in [5.74, 6) is 1.69. The summed E-state index contributed by atoms with van der Waals surface area (Å²) >= 11 is 0. The smallest absolute Gasteiger partial charge is 0.317 e. The van der Waals surface area contributed by atoms with E-state index in [1.807, 2.05) is 26.1 Å². The number of nitrogens with one attached hydrogen (secondary N) is 1. The normalized spacial score (nSPS) is 15.4. The standard InChI is InChI=1S/C19H31N3O4/c1-14(15-12-16(24-3)18(26-5)17(13-15)25-4)20-19(23)21(2)10-11-22-8-6-7-9-22/h12-14H,6-11H2,1-5H3,(H,20,23)/t14-/m1/s1. The van der Waals surface area contributed by atoms with Gasteiger partial charge in [-0.1, -0.05) is 0 Å². The van der Waals surface area contributed by atoms with Gasteiger partial charge in [-0.25, -0.2) is 4.79 Å². The Bertz CT molecular complexity index is 577. The second kappa shape index (κ2) is 9.52. The molecular weight excluding hydrogens is 334 g/mol. The maximum Gasteiger partial charge on any atom is 0.317 e. The molecule has 0 saturated carbocycles. The van der Waals surface area contributed by atoms with Crippen molar-refractivity contribution in [2.75, 3.05) is 54.6 Å². The van der Waals surface area contributed by atoms with Crippen molar-refractivity contribution in [3.63, 3.8) is 0 Å². The van der Waals surface area contributed by atoms with E-state index in [0.717, 1.165) is 25.2 Å². The summed E-state index contributed by atoms with van der Waals surface area (Å²) in [4.78, 5) is 16.6. The third kappa shape index (κ3) is 4.94. The number of likely N-dealkylation sites (N-methyl/N-ethyl adjacent to an activating group) is 1. The maximum absolute atomic E-state index is 12.5. The molecule has 1 heterocycles. The quantitative estimate of drug-likeness (QED) is 0.767. The fourth-order valence-corrected chi connectivity index (χ4v) is 3.13. The molecule has 7 heteroatoms. The summed E-state index contributed by atoms with van der Waals surface area (Å²) in [5, 5.41) is 3.03. The van der Waals surface area contributed by atoms with E-state index in [0.29, 0.717) is 23.8 Å². The summed E-state index contributed by atoms with van der Waals surface area (Å²) in [6.07, 6.45) is 2.52. The van der Waals surface area contributed by atoms with E-state index >= 15 is 0 Å². The molecule has 0 aliphatic carbocycles. The van der Waals surface area contributed by atoms with Crippen molar-refractivity contribution in [2.24, 2.45) is 0 Å². The lowest BCUT2D eigenvalue weighted by molar-refractivity contribution is 0.197. The van der Waals surface area contributed by atoms with E-state index in [4.69, 9.17) is 14.2 Å². The number of urea groups is 1. The van der Waals surface area contributed by atoms with Gasteiger partial charge in [-0.3, -0.25) is 0 Å². The summed E-state index contributed by atoms with van der Waals surface area (Å²) < 4.78 is 16.1. The summed E-state index contributed by atoms with van der Waals surface area (Å²) in [5.41, 5.74) is 0.890. The average molecular weight is 365 g/mol. The van der Waals surface area contributed by atoms with Gasteiger partial charge >= 0.3 is 6.03 Å². The molecule has 1 aliphatic rings. The average Bonchev–Trinajstić information content (AvgIpc) is 3.18. The Kier molecular flexibility index (Phi) is 7.38. The van der Waals surface area contributed by atoms with Gasteiger partial charge in [-0.15, -0.1) is 0 Å². The molecule has 1 aliphatic heterocycles. The molecular formula is C19H31N3O4. The summed E-state index contributed by atoms with van der Waals surface area (Å²) in [6.45, 7) is 5.85. The molecule has 26 heavy (non-hydrogen) atoms. The van der Waals surface area contributed by atoms with E-state index < -0.39 is 0 Å². The highest BCUT2D eigenvalue weighted by Gasteiger charge is 2.19. The first-order valence-electron chi connectivity index (χ1n) is 9.04. The highest BCUT2D eigenvalue weighted by atomic mass is 16.5. The van der Waals surface area contributed by atoms with Gasteiger partial charge in [-0.2, -0.15) is 0 Å². The monoisotopic (exact) mass is 365 g/mol. The van der Waals surface area contributed by atoms with Crippen molar-refractivity contribution < 1.29 is 19.0 Å². The lowest BCUT2D eigenvalue weighted by Gasteiger charge is -2.24. The number of hydrogen-bond acceptors (Lipinski definition) is 5. The second-order valence-corrected chi connectivity index (χ2v) is 6.60. The van der Waals surface area contributed by atoms with Crippen molar-refractivity contribution in [3.05, 3.63) is 17.7 Å². The molecule has 0 spiro atoms. The van der Waals surface area contributed by atoms with E-state index in [1.54, 1.807) is 26.2 Å². The van der Waals surface area contributed by atoms with Crippen LogP contribution in [-0.2, 0) is 0 Å². The molecule has 1 saturated heterocycles. The number of hydrogen-bond donors (Lipinski definition) is 1. The van der Waals surface area contributed by atoms with Crippen LogP contribution >= 0.6 is 0 Å². The molecule has 7 nitrogen and oxygen atoms in total. The minimum absolute atomic E-state index is 0.0922. The summed E-state index contributed by atoms with van der Waals surface area (Å²) in [7, 11) is 6.56. The topological polar surface area (TPSA) is 63.3 Å². The highest BCUT2D eigenvalue weighted by Crippen LogP contribution is 2.39. The van der Waals surface area contributed by atoms with E-state index in [9.17, 15) is 4.79 Å². The number of methoxy groups -OCH3 is 3. The van der Waals surface area contributed by atoms with Crippen molar-refractivity contribution >= 4 is 6.03 Å². The van der Waals surface area contributed by atoms with Crippen LogP contribution < -0.4 is 19.5 Å². The third-order valence-electron chi connectivity index (χ3n) is 4.82. The number of rotatable bonds is 8. The number of benzene rings is 1. The number of ether oxygens (including phenoxy) is 3. The fourth-order valence-electron chi connectivity index (χ4n) is 3.13. The molecule has 1 fully saturated rings. The van der Waals surface area contributed by atoms with Crippen LogP contribution in [0.5, 0.6) is 17.2 Å². The Balaban J connectivity index is 1.99. The zero-order valence-corrected chi connectivity index (χ0v) is 16.5. The molecule has 2 amide bonds. The van der Waals surface area contributed by atoms with Crippen molar-refractivity contribution in [2.45, 2.75) is 25.8 Å². The third-order valence-corrected chi connectivity index (χ3v) is 4.82. The Hall–Kier alpha value is -2.15. The molecule has 1 aromatic rings. The minimum atomic E-state index is -0.189. The molecule has 0 radical (unpaired) electrons. The zero-order chi connectivity index (χ0) is 19.1. The first-order valence-corrected chi connectivity index (χ1v) is 9.04. The predicted molar refractivity (Wildman–Crippen MR) is 101 cm³/mol. The van der Waals surface area contributed by atoms with Crippen LogP contribution in [0.3, 0.4) is 0 Å². The molecule has 0 unspecified atom stereocenters. The minimum Gasteiger partial charge on any atom is -0.493 e. The Morgan fingerprint density at radius 3 is 2.23 bits per heavy atom. The van der Waals surface area contributed by atoms with E-state index in [-0.39, 0.29) is 12.1 Å². The molecule has 0 bridgehead atoms. The molecule has 146 valence electrons. The Morgan fingerprint density at radius 2 is 1.73 bits per heavy atom. The van der Waals surface area contributed by atoms with Crippen molar-refractivity contribution in [3.8, 4) is 17.2 Å². The van der Waals surface area contributed by atoms with Crippen molar-refractivity contribution in [1.82, 2.24) is 15.1 Å². The van der Waals surface area contributed by atoms with E-state index in [1.165, 1.54) is 12.8 Å². The fraction of sp³-hybridized carbons (Fsp3) is 0.632. The second-order valence-electron chi connectivity index (χ2n) is 6.60. The number of carbonyl (C=O) groups is 1. The molecule has 1 N–H and O–H groups in total.